The van der Waals surface area contributed by atoms with Gasteiger partial charge in [-0.05, 0) is 52.7 Å². The minimum absolute atomic E-state index is 0.219. The smallest absolute Gasteiger partial charge is 0.276 e. The Bertz CT molecular complexity index is 801. The molecule has 110 valence electrons. The van der Waals surface area contributed by atoms with Gasteiger partial charge in [0.05, 0.1) is 5.69 Å². The highest BCUT2D eigenvalue weighted by Crippen LogP contribution is 2.23. The maximum Gasteiger partial charge on any atom is 0.276 e. The summed E-state index contributed by atoms with van der Waals surface area (Å²) < 4.78 is 2.28. The van der Waals surface area contributed by atoms with Gasteiger partial charge in [0.1, 0.15) is 12.7 Å². The molecule has 1 aromatic carbocycles. The van der Waals surface area contributed by atoms with Gasteiger partial charge in [-0.3, -0.25) is 4.79 Å². The number of rotatable bonds is 3. The van der Waals surface area contributed by atoms with E-state index in [4.69, 9.17) is 0 Å². The summed E-state index contributed by atoms with van der Waals surface area (Å²) in [6.07, 6.45) is 2.91. The molecule has 3 rings (SSSR count). The molecular formula is C14H11BrN6O. The SMILES string of the molecule is Cc1ccc(NC(=O)c2ccc(-n3cncn3)nn2)c(Br)c1. The molecule has 2 heterocycles. The van der Waals surface area contributed by atoms with E-state index < -0.39 is 0 Å². The monoisotopic (exact) mass is 358 g/mol. The second kappa shape index (κ2) is 6.02. The zero-order chi connectivity index (χ0) is 15.5. The lowest BCUT2D eigenvalue weighted by atomic mass is 10.2. The third-order valence-electron chi connectivity index (χ3n) is 2.91. The first-order chi connectivity index (χ1) is 10.6. The Hall–Kier alpha value is -2.61. The van der Waals surface area contributed by atoms with Crippen molar-refractivity contribution in [3.05, 3.63) is 58.7 Å². The molecule has 0 spiro atoms. The Morgan fingerprint density at radius 3 is 2.73 bits per heavy atom. The molecule has 0 aliphatic carbocycles. The summed E-state index contributed by atoms with van der Waals surface area (Å²) in [5.41, 5.74) is 2.00. The van der Waals surface area contributed by atoms with Crippen LogP contribution in [-0.2, 0) is 0 Å². The van der Waals surface area contributed by atoms with Crippen molar-refractivity contribution in [2.24, 2.45) is 0 Å². The van der Waals surface area contributed by atoms with Gasteiger partial charge in [0.2, 0.25) is 0 Å². The number of hydrogen-bond acceptors (Lipinski definition) is 5. The third kappa shape index (κ3) is 3.01. The third-order valence-corrected chi connectivity index (χ3v) is 3.57. The van der Waals surface area contributed by atoms with Crippen LogP contribution < -0.4 is 5.32 Å². The van der Waals surface area contributed by atoms with E-state index in [-0.39, 0.29) is 11.6 Å². The van der Waals surface area contributed by atoms with Crippen LogP contribution in [0.5, 0.6) is 0 Å². The van der Waals surface area contributed by atoms with Gasteiger partial charge in [0.25, 0.3) is 5.91 Å². The molecule has 8 heteroatoms. The predicted octanol–water partition coefficient (Wildman–Crippen LogP) is 2.38. The van der Waals surface area contributed by atoms with Crippen LogP contribution in [-0.4, -0.2) is 30.9 Å². The fraction of sp³-hybridized carbons (Fsp3) is 0.0714. The molecule has 0 saturated carbocycles. The average Bonchev–Trinajstić information content (AvgIpc) is 3.04. The van der Waals surface area contributed by atoms with Gasteiger partial charge in [-0.15, -0.1) is 10.2 Å². The normalized spacial score (nSPS) is 10.5. The summed E-state index contributed by atoms with van der Waals surface area (Å²) in [4.78, 5) is 16.0. The van der Waals surface area contributed by atoms with Crippen molar-refractivity contribution in [1.82, 2.24) is 25.0 Å². The lowest BCUT2D eigenvalue weighted by Gasteiger charge is -2.07. The Morgan fingerprint density at radius 1 is 1.23 bits per heavy atom. The maximum atomic E-state index is 12.2. The van der Waals surface area contributed by atoms with E-state index in [0.29, 0.717) is 11.5 Å². The van der Waals surface area contributed by atoms with Crippen molar-refractivity contribution in [2.45, 2.75) is 6.92 Å². The summed E-state index contributed by atoms with van der Waals surface area (Å²) in [7, 11) is 0. The number of carbonyl (C=O) groups excluding carboxylic acids is 1. The van der Waals surface area contributed by atoms with Gasteiger partial charge in [-0.25, -0.2) is 9.67 Å². The van der Waals surface area contributed by atoms with Gasteiger partial charge in [-0.2, -0.15) is 5.10 Å². The van der Waals surface area contributed by atoms with Crippen molar-refractivity contribution >= 4 is 27.5 Å². The number of hydrogen-bond donors (Lipinski definition) is 1. The number of aromatic nitrogens is 5. The summed E-state index contributed by atoms with van der Waals surface area (Å²) in [6.45, 7) is 1.98. The number of amides is 1. The molecular weight excluding hydrogens is 348 g/mol. The largest absolute Gasteiger partial charge is 0.320 e. The second-order valence-corrected chi connectivity index (χ2v) is 5.41. The van der Waals surface area contributed by atoms with Gasteiger partial charge in [0, 0.05) is 4.47 Å². The number of halogens is 1. The molecule has 2 aromatic heterocycles. The minimum Gasteiger partial charge on any atom is -0.320 e. The van der Waals surface area contributed by atoms with Crippen LogP contribution in [0.1, 0.15) is 16.1 Å². The van der Waals surface area contributed by atoms with Crippen molar-refractivity contribution in [3.8, 4) is 5.82 Å². The summed E-state index contributed by atoms with van der Waals surface area (Å²) in [5.74, 6) is 0.160. The van der Waals surface area contributed by atoms with Crippen molar-refractivity contribution in [3.63, 3.8) is 0 Å². The molecule has 0 aliphatic rings. The molecule has 3 aromatic rings. The van der Waals surface area contributed by atoms with Crippen LogP contribution in [0, 0.1) is 6.92 Å². The second-order valence-electron chi connectivity index (χ2n) is 4.55. The first-order valence-corrected chi connectivity index (χ1v) is 7.19. The van der Waals surface area contributed by atoms with Crippen LogP contribution in [0.15, 0.2) is 47.5 Å². The molecule has 0 radical (unpaired) electrons. The van der Waals surface area contributed by atoms with E-state index in [0.717, 1.165) is 10.0 Å². The number of nitrogens with one attached hydrogen (secondary N) is 1. The van der Waals surface area contributed by atoms with Gasteiger partial charge in [-0.1, -0.05) is 6.07 Å². The molecule has 0 atom stereocenters. The van der Waals surface area contributed by atoms with Crippen LogP contribution in [0.3, 0.4) is 0 Å². The van der Waals surface area contributed by atoms with Crippen molar-refractivity contribution < 1.29 is 4.79 Å². The van der Waals surface area contributed by atoms with E-state index >= 15 is 0 Å². The van der Waals surface area contributed by atoms with E-state index in [1.807, 2.05) is 25.1 Å². The van der Waals surface area contributed by atoms with E-state index in [2.05, 4.69) is 41.5 Å². The summed E-state index contributed by atoms with van der Waals surface area (Å²) >= 11 is 3.42. The first-order valence-electron chi connectivity index (χ1n) is 6.40. The van der Waals surface area contributed by atoms with Crippen LogP contribution in [0.2, 0.25) is 0 Å². The lowest BCUT2D eigenvalue weighted by molar-refractivity contribution is 0.102. The van der Waals surface area contributed by atoms with Crippen molar-refractivity contribution in [2.75, 3.05) is 5.32 Å². The fourth-order valence-electron chi connectivity index (χ4n) is 1.80. The Morgan fingerprint density at radius 2 is 2.09 bits per heavy atom. The Kier molecular flexibility index (Phi) is 3.92. The topological polar surface area (TPSA) is 85.6 Å². The first kappa shape index (κ1) is 14.3. The quantitative estimate of drug-likeness (QED) is 0.776. The van der Waals surface area contributed by atoms with E-state index in [1.165, 1.54) is 17.3 Å². The number of nitrogens with zero attached hydrogens (tertiary/aromatic N) is 5. The average molecular weight is 359 g/mol. The summed E-state index contributed by atoms with van der Waals surface area (Å²) in [5, 5.41) is 14.6. The van der Waals surface area contributed by atoms with Crippen LogP contribution in [0.4, 0.5) is 5.69 Å². The molecule has 7 nitrogen and oxygen atoms in total. The molecule has 1 amide bonds. The zero-order valence-electron chi connectivity index (χ0n) is 11.6. The Balaban J connectivity index is 1.77. The lowest BCUT2D eigenvalue weighted by Crippen LogP contribution is -2.15. The number of benzene rings is 1. The predicted molar refractivity (Wildman–Crippen MR) is 83.8 cm³/mol. The maximum absolute atomic E-state index is 12.2. The van der Waals surface area contributed by atoms with Gasteiger partial charge in [0.15, 0.2) is 11.5 Å². The van der Waals surface area contributed by atoms with Crippen LogP contribution >= 0.6 is 15.9 Å². The van der Waals surface area contributed by atoms with Gasteiger partial charge < -0.3 is 5.32 Å². The zero-order valence-corrected chi connectivity index (χ0v) is 13.1. The van der Waals surface area contributed by atoms with E-state index in [1.54, 1.807) is 12.1 Å². The van der Waals surface area contributed by atoms with Gasteiger partial charge >= 0.3 is 0 Å². The number of aryl methyl sites for hydroxylation is 1. The molecule has 0 fully saturated rings. The highest BCUT2D eigenvalue weighted by atomic mass is 79.9. The molecule has 0 unspecified atom stereocenters. The highest BCUT2D eigenvalue weighted by molar-refractivity contribution is 9.10. The molecule has 22 heavy (non-hydrogen) atoms. The standard InChI is InChI=1S/C14H11BrN6O/c1-9-2-3-11(10(15)6-9)18-14(22)12-4-5-13(20-19-12)21-8-16-7-17-21/h2-8H,1H3,(H,18,22). The molecule has 0 aliphatic heterocycles. The molecule has 0 bridgehead atoms. The van der Waals surface area contributed by atoms with E-state index in [9.17, 15) is 4.79 Å². The number of carbonyl (C=O) groups is 1. The molecule has 0 saturated heterocycles. The fourth-order valence-corrected chi connectivity index (χ4v) is 2.40. The Labute approximate surface area is 134 Å². The van der Waals surface area contributed by atoms with Crippen LogP contribution in [0.25, 0.3) is 5.82 Å². The number of anilines is 1. The van der Waals surface area contributed by atoms with Crippen molar-refractivity contribution in [1.29, 1.82) is 0 Å². The highest BCUT2D eigenvalue weighted by Gasteiger charge is 2.11. The molecule has 1 N–H and O–H groups in total. The summed E-state index contributed by atoms with van der Waals surface area (Å²) in [6, 6.07) is 8.91. The minimum atomic E-state index is -0.331.